The van der Waals surface area contributed by atoms with Crippen molar-refractivity contribution in [1.29, 1.82) is 0 Å². The van der Waals surface area contributed by atoms with Gasteiger partial charge in [-0.1, -0.05) is 301 Å². The topological polar surface area (TPSA) is 95.9 Å². The highest BCUT2D eigenvalue weighted by atomic mass is 16.5. The number of aliphatic hydroxyl groups excluding tert-OH is 2. The number of ether oxygens (including phenoxy) is 1. The van der Waals surface area contributed by atoms with E-state index in [2.05, 4.69) is 31.3 Å². The molecule has 0 aromatic carbocycles. The van der Waals surface area contributed by atoms with Crippen molar-refractivity contribution < 1.29 is 24.5 Å². The molecule has 0 bridgehead atoms. The normalized spacial score (nSPS) is 12.7. The number of aliphatic hydroxyl groups is 2. The second-order valence-electron chi connectivity index (χ2n) is 21.7. The Balaban J connectivity index is 3.37. The Kier molecular flexibility index (Phi) is 58.5. The molecule has 1 amide bonds. The van der Waals surface area contributed by atoms with Gasteiger partial charge in [0.25, 0.3) is 0 Å². The molecule has 0 rings (SSSR count). The molecule has 0 aliphatic carbocycles. The lowest BCUT2D eigenvalue weighted by molar-refractivity contribution is -0.143. The van der Waals surface area contributed by atoms with Crippen LogP contribution in [0.1, 0.15) is 348 Å². The average molecular weight is 987 g/mol. The van der Waals surface area contributed by atoms with Gasteiger partial charge in [0.15, 0.2) is 0 Å². The number of allylic oxidation sites excluding steroid dienone is 3. The van der Waals surface area contributed by atoms with E-state index in [-0.39, 0.29) is 18.5 Å². The molecule has 3 N–H and O–H groups in total. The quantitative estimate of drug-likeness (QED) is 0.0321. The molecule has 6 heteroatoms. The Labute approximate surface area is 437 Å². The van der Waals surface area contributed by atoms with Crippen molar-refractivity contribution in [3.05, 3.63) is 24.3 Å². The lowest BCUT2D eigenvalue weighted by atomic mass is 10.0. The number of nitrogens with one attached hydrogen (secondary N) is 1. The maximum absolute atomic E-state index is 12.4. The summed E-state index contributed by atoms with van der Waals surface area (Å²) in [4.78, 5) is 24.5. The SMILES string of the molecule is CCCCCCCCCCC/C=C/C(O)C(CO)NC(=O)CCCCCCCCCCCCC/C=C\CCCCCCCCCCCCCCOC(=O)CCCCCCCCCCCCCCCCC. The molecule has 414 valence electrons. The summed E-state index contributed by atoms with van der Waals surface area (Å²) < 4.78 is 5.49. The van der Waals surface area contributed by atoms with Crippen LogP contribution >= 0.6 is 0 Å². The monoisotopic (exact) mass is 986 g/mol. The first kappa shape index (κ1) is 68.3. The molecule has 2 unspecified atom stereocenters. The highest BCUT2D eigenvalue weighted by Crippen LogP contribution is 2.17. The Morgan fingerprint density at radius 3 is 1.01 bits per heavy atom. The predicted octanol–water partition coefficient (Wildman–Crippen LogP) is 19.8. The fourth-order valence-corrected chi connectivity index (χ4v) is 9.87. The number of amides is 1. The first-order valence-corrected chi connectivity index (χ1v) is 31.6. The van der Waals surface area contributed by atoms with Gasteiger partial charge in [0.2, 0.25) is 5.91 Å². The third-order valence-corrected chi connectivity index (χ3v) is 14.7. The molecule has 0 fully saturated rings. The van der Waals surface area contributed by atoms with E-state index in [0.29, 0.717) is 19.4 Å². The van der Waals surface area contributed by atoms with Gasteiger partial charge in [-0.3, -0.25) is 9.59 Å². The third kappa shape index (κ3) is 55.7. The third-order valence-electron chi connectivity index (χ3n) is 14.7. The summed E-state index contributed by atoms with van der Waals surface area (Å²) in [7, 11) is 0. The number of carbonyl (C=O) groups excluding carboxylic acids is 2. The zero-order valence-electron chi connectivity index (χ0n) is 47.3. The molecule has 0 radical (unpaired) electrons. The van der Waals surface area contributed by atoms with Gasteiger partial charge >= 0.3 is 5.97 Å². The molecule has 0 saturated carbocycles. The van der Waals surface area contributed by atoms with E-state index in [9.17, 15) is 19.8 Å². The summed E-state index contributed by atoms with van der Waals surface area (Å²) in [5.41, 5.74) is 0. The van der Waals surface area contributed by atoms with E-state index in [1.807, 2.05) is 6.08 Å². The molecular formula is C64H123NO5. The first-order valence-electron chi connectivity index (χ1n) is 31.6. The molecule has 0 aliphatic heterocycles. The summed E-state index contributed by atoms with van der Waals surface area (Å²) in [6.45, 7) is 4.91. The van der Waals surface area contributed by atoms with E-state index in [0.717, 1.165) is 38.5 Å². The first-order chi connectivity index (χ1) is 34.5. The zero-order chi connectivity index (χ0) is 50.7. The highest BCUT2D eigenvalue weighted by Gasteiger charge is 2.18. The number of esters is 1. The minimum Gasteiger partial charge on any atom is -0.466 e. The minimum absolute atomic E-state index is 0.0178. The summed E-state index contributed by atoms with van der Waals surface area (Å²) in [5.74, 6) is -0.0512. The van der Waals surface area contributed by atoms with Crippen LogP contribution in [0.5, 0.6) is 0 Å². The Bertz CT molecular complexity index is 1090. The van der Waals surface area contributed by atoms with E-state index >= 15 is 0 Å². The Morgan fingerprint density at radius 2 is 0.671 bits per heavy atom. The van der Waals surface area contributed by atoms with Gasteiger partial charge in [-0.2, -0.15) is 0 Å². The molecule has 0 heterocycles. The van der Waals surface area contributed by atoms with Crippen molar-refractivity contribution in [3.8, 4) is 0 Å². The van der Waals surface area contributed by atoms with Gasteiger partial charge in [-0.15, -0.1) is 0 Å². The summed E-state index contributed by atoms with van der Waals surface area (Å²) in [5, 5.41) is 23.0. The van der Waals surface area contributed by atoms with Crippen molar-refractivity contribution in [2.24, 2.45) is 0 Å². The van der Waals surface area contributed by atoms with Crippen LogP contribution in [0.15, 0.2) is 24.3 Å². The largest absolute Gasteiger partial charge is 0.466 e. The number of carbonyl (C=O) groups is 2. The second-order valence-corrected chi connectivity index (χ2v) is 21.7. The highest BCUT2D eigenvalue weighted by molar-refractivity contribution is 5.76. The molecule has 6 nitrogen and oxygen atoms in total. The smallest absolute Gasteiger partial charge is 0.305 e. The van der Waals surface area contributed by atoms with Gasteiger partial charge in [0.1, 0.15) is 0 Å². The fraction of sp³-hybridized carbons (Fsp3) is 0.906. The standard InChI is InChI=1S/C64H123NO5/c1-3-5-7-9-11-13-15-16-30-34-38-42-46-50-54-58-64(69)70-59-55-51-47-43-39-35-32-29-27-25-23-21-19-17-18-20-22-24-26-28-31-33-37-41-45-49-53-57-63(68)65-61(60-66)62(67)56-52-48-44-40-36-14-12-10-8-6-4-2/h17-18,52,56,61-62,66-67H,3-16,19-51,53-55,57-60H2,1-2H3,(H,65,68)/b18-17-,56-52+. The lowest BCUT2D eigenvalue weighted by Gasteiger charge is -2.20. The zero-order valence-corrected chi connectivity index (χ0v) is 47.3. The van der Waals surface area contributed by atoms with Crippen molar-refractivity contribution >= 4 is 11.9 Å². The lowest BCUT2D eigenvalue weighted by Crippen LogP contribution is -2.45. The summed E-state index contributed by atoms with van der Waals surface area (Å²) >= 11 is 0. The van der Waals surface area contributed by atoms with E-state index in [1.54, 1.807) is 6.08 Å². The van der Waals surface area contributed by atoms with Crippen LogP contribution in [0, 0.1) is 0 Å². The molecule has 0 spiro atoms. The molecule has 0 aliphatic rings. The minimum atomic E-state index is -0.843. The molecule has 2 atom stereocenters. The van der Waals surface area contributed by atoms with Gasteiger partial charge in [0.05, 0.1) is 25.4 Å². The van der Waals surface area contributed by atoms with E-state index in [4.69, 9.17) is 4.74 Å². The van der Waals surface area contributed by atoms with Crippen molar-refractivity contribution in [2.75, 3.05) is 13.2 Å². The van der Waals surface area contributed by atoms with Crippen LogP contribution in [0.4, 0.5) is 0 Å². The van der Waals surface area contributed by atoms with Gasteiger partial charge in [-0.25, -0.2) is 0 Å². The van der Waals surface area contributed by atoms with E-state index < -0.39 is 12.1 Å². The maximum atomic E-state index is 12.4. The summed E-state index contributed by atoms with van der Waals surface area (Å²) in [6.07, 6.45) is 73.8. The Morgan fingerprint density at radius 1 is 0.386 bits per heavy atom. The number of rotatable bonds is 59. The maximum Gasteiger partial charge on any atom is 0.305 e. The van der Waals surface area contributed by atoms with Crippen LogP contribution in [0.2, 0.25) is 0 Å². The van der Waals surface area contributed by atoms with Gasteiger partial charge in [0, 0.05) is 12.8 Å². The second kappa shape index (κ2) is 59.9. The molecule has 0 aromatic rings. The number of hydrogen-bond acceptors (Lipinski definition) is 5. The van der Waals surface area contributed by atoms with Gasteiger partial charge < -0.3 is 20.3 Å². The van der Waals surface area contributed by atoms with E-state index in [1.165, 1.54) is 283 Å². The summed E-state index contributed by atoms with van der Waals surface area (Å²) in [6, 6.07) is -0.626. The molecule has 0 saturated heterocycles. The Hall–Kier alpha value is -1.66. The van der Waals surface area contributed by atoms with Gasteiger partial charge in [-0.05, 0) is 57.8 Å². The van der Waals surface area contributed by atoms with Crippen molar-refractivity contribution in [2.45, 2.75) is 360 Å². The number of unbranched alkanes of at least 4 members (excludes halogenated alkanes) is 46. The molecule has 0 aromatic heterocycles. The van der Waals surface area contributed by atoms with Crippen LogP contribution < -0.4 is 5.32 Å². The average Bonchev–Trinajstić information content (AvgIpc) is 3.36. The van der Waals surface area contributed by atoms with Crippen LogP contribution in [-0.2, 0) is 14.3 Å². The van der Waals surface area contributed by atoms with Crippen LogP contribution in [0.3, 0.4) is 0 Å². The molecule has 70 heavy (non-hydrogen) atoms. The number of hydrogen-bond donors (Lipinski definition) is 3. The van der Waals surface area contributed by atoms with Crippen molar-refractivity contribution in [1.82, 2.24) is 5.32 Å². The van der Waals surface area contributed by atoms with Crippen molar-refractivity contribution in [3.63, 3.8) is 0 Å². The molecular weight excluding hydrogens is 863 g/mol. The fourth-order valence-electron chi connectivity index (χ4n) is 9.87. The predicted molar refractivity (Wildman–Crippen MR) is 306 cm³/mol. The van der Waals surface area contributed by atoms with Crippen LogP contribution in [0.25, 0.3) is 0 Å². The van der Waals surface area contributed by atoms with Crippen LogP contribution in [-0.4, -0.2) is 47.4 Å².